The fourth-order valence-corrected chi connectivity index (χ4v) is 4.40. The smallest absolute Gasteiger partial charge is 0.228 e. The Bertz CT molecular complexity index is 1210. The van der Waals surface area contributed by atoms with Crippen molar-refractivity contribution in [3.63, 3.8) is 0 Å². The SMILES string of the molecule is COc1ccc(CC(=O)Nc2ccc3c(c2)C(N2CCC(C)CC2)=Nc2ccccc2O3)cc1. The van der Waals surface area contributed by atoms with E-state index in [-0.39, 0.29) is 12.3 Å². The van der Waals surface area contributed by atoms with E-state index in [4.69, 9.17) is 14.5 Å². The lowest BCUT2D eigenvalue weighted by Gasteiger charge is -2.33. The highest BCUT2D eigenvalue weighted by Gasteiger charge is 2.26. The largest absolute Gasteiger partial charge is 0.497 e. The summed E-state index contributed by atoms with van der Waals surface area (Å²) in [6.07, 6.45) is 2.55. The number of nitrogens with zero attached hydrogens (tertiary/aromatic N) is 2. The number of hydrogen-bond acceptors (Lipinski definition) is 5. The van der Waals surface area contributed by atoms with Gasteiger partial charge in [0.25, 0.3) is 0 Å². The van der Waals surface area contributed by atoms with Gasteiger partial charge in [-0.15, -0.1) is 0 Å². The number of piperidine rings is 1. The van der Waals surface area contributed by atoms with Crippen LogP contribution in [-0.4, -0.2) is 36.8 Å². The van der Waals surface area contributed by atoms with Crippen molar-refractivity contribution in [2.24, 2.45) is 10.9 Å². The average Bonchev–Trinajstić information content (AvgIpc) is 3.01. The van der Waals surface area contributed by atoms with Gasteiger partial charge in [0.1, 0.15) is 23.0 Å². The van der Waals surface area contributed by atoms with Crippen molar-refractivity contribution in [3.05, 3.63) is 77.9 Å². The maximum Gasteiger partial charge on any atom is 0.228 e. The first-order valence-electron chi connectivity index (χ1n) is 11.8. The first-order chi connectivity index (χ1) is 16.6. The van der Waals surface area contributed by atoms with Crippen LogP contribution >= 0.6 is 0 Å². The molecule has 0 unspecified atom stereocenters. The Kier molecular flexibility index (Phi) is 6.21. The molecule has 1 amide bonds. The summed E-state index contributed by atoms with van der Waals surface area (Å²) in [4.78, 5) is 20.1. The van der Waals surface area contributed by atoms with Gasteiger partial charge >= 0.3 is 0 Å². The number of aliphatic imine (C=N–C) groups is 1. The van der Waals surface area contributed by atoms with Gasteiger partial charge in [0.15, 0.2) is 5.75 Å². The van der Waals surface area contributed by atoms with Crippen molar-refractivity contribution in [3.8, 4) is 17.2 Å². The zero-order valence-corrected chi connectivity index (χ0v) is 19.6. The number of likely N-dealkylation sites (tertiary alicyclic amines) is 1. The highest BCUT2D eigenvalue weighted by Crippen LogP contribution is 2.39. The highest BCUT2D eigenvalue weighted by atomic mass is 16.5. The Balaban J connectivity index is 1.42. The third-order valence-electron chi connectivity index (χ3n) is 6.42. The van der Waals surface area contributed by atoms with Crippen molar-refractivity contribution >= 4 is 23.1 Å². The zero-order chi connectivity index (χ0) is 23.5. The van der Waals surface area contributed by atoms with Crippen LogP contribution in [0.5, 0.6) is 17.2 Å². The lowest BCUT2D eigenvalue weighted by atomic mass is 9.98. The molecule has 2 heterocycles. The molecule has 2 aliphatic heterocycles. The Labute approximate surface area is 200 Å². The molecule has 1 fully saturated rings. The number of benzene rings is 3. The molecule has 174 valence electrons. The van der Waals surface area contributed by atoms with Crippen molar-refractivity contribution < 1.29 is 14.3 Å². The molecule has 5 rings (SSSR count). The minimum Gasteiger partial charge on any atom is -0.497 e. The standard InChI is InChI=1S/C28H29N3O3/c1-19-13-15-31(16-14-19)28-23-18-21(29-27(32)17-20-7-10-22(33-2)11-8-20)9-12-25(23)34-26-6-4-3-5-24(26)30-28/h3-12,18-19H,13-17H2,1-2H3,(H,29,32). The van der Waals surface area contributed by atoms with Gasteiger partial charge in [-0.3, -0.25) is 4.79 Å². The monoisotopic (exact) mass is 455 g/mol. The fraction of sp³-hybridized carbons (Fsp3) is 0.286. The van der Waals surface area contributed by atoms with Crippen LogP contribution in [0.1, 0.15) is 30.9 Å². The molecule has 0 bridgehead atoms. The predicted octanol–water partition coefficient (Wildman–Crippen LogP) is 5.79. The van der Waals surface area contributed by atoms with E-state index in [1.54, 1.807) is 7.11 Å². The number of para-hydroxylation sites is 2. The van der Waals surface area contributed by atoms with Crippen LogP contribution in [0.2, 0.25) is 0 Å². The van der Waals surface area contributed by atoms with Crippen LogP contribution in [0.4, 0.5) is 11.4 Å². The Morgan fingerprint density at radius 2 is 1.82 bits per heavy atom. The van der Waals surface area contributed by atoms with Crippen LogP contribution in [0.3, 0.4) is 0 Å². The van der Waals surface area contributed by atoms with E-state index in [1.165, 1.54) is 0 Å². The molecule has 0 radical (unpaired) electrons. The Hall–Kier alpha value is -3.80. The minimum absolute atomic E-state index is 0.0757. The second-order valence-electron chi connectivity index (χ2n) is 8.96. The van der Waals surface area contributed by atoms with Gasteiger partial charge in [-0.1, -0.05) is 31.2 Å². The van der Waals surface area contributed by atoms with Gasteiger partial charge in [-0.2, -0.15) is 0 Å². The summed E-state index contributed by atoms with van der Waals surface area (Å²) < 4.78 is 11.5. The van der Waals surface area contributed by atoms with E-state index in [0.717, 1.165) is 71.5 Å². The molecule has 0 spiro atoms. The molecule has 6 nitrogen and oxygen atoms in total. The Morgan fingerprint density at radius 3 is 2.59 bits per heavy atom. The number of methoxy groups -OCH3 is 1. The van der Waals surface area contributed by atoms with E-state index in [1.807, 2.05) is 66.7 Å². The molecule has 0 aromatic heterocycles. The van der Waals surface area contributed by atoms with Crippen molar-refractivity contribution in [2.75, 3.05) is 25.5 Å². The van der Waals surface area contributed by atoms with Gasteiger partial charge in [0, 0.05) is 18.8 Å². The lowest BCUT2D eigenvalue weighted by Crippen LogP contribution is -2.38. The number of amidine groups is 1. The topological polar surface area (TPSA) is 63.2 Å². The number of hydrogen-bond donors (Lipinski definition) is 1. The van der Waals surface area contributed by atoms with Crippen molar-refractivity contribution in [2.45, 2.75) is 26.2 Å². The summed E-state index contributed by atoms with van der Waals surface area (Å²) in [6, 6.07) is 21.2. The van der Waals surface area contributed by atoms with Crippen molar-refractivity contribution in [1.82, 2.24) is 4.90 Å². The second kappa shape index (κ2) is 9.59. The maximum atomic E-state index is 12.8. The quantitative estimate of drug-likeness (QED) is 0.541. The van der Waals surface area contributed by atoms with Crippen LogP contribution in [0.15, 0.2) is 71.7 Å². The van der Waals surface area contributed by atoms with E-state index < -0.39 is 0 Å². The number of amides is 1. The van der Waals surface area contributed by atoms with E-state index in [9.17, 15) is 4.79 Å². The van der Waals surface area contributed by atoms with Crippen molar-refractivity contribution in [1.29, 1.82) is 0 Å². The van der Waals surface area contributed by atoms with Crippen LogP contribution in [0.25, 0.3) is 0 Å². The summed E-state index contributed by atoms with van der Waals surface area (Å²) in [5.41, 5.74) is 3.37. The molecule has 3 aromatic rings. The first-order valence-corrected chi connectivity index (χ1v) is 11.8. The lowest BCUT2D eigenvalue weighted by molar-refractivity contribution is -0.115. The van der Waals surface area contributed by atoms with E-state index >= 15 is 0 Å². The van der Waals surface area contributed by atoms with Gasteiger partial charge in [-0.05, 0) is 66.8 Å². The minimum atomic E-state index is -0.0757. The number of anilines is 1. The number of ether oxygens (including phenoxy) is 2. The van der Waals surface area contributed by atoms with Gasteiger partial charge in [-0.25, -0.2) is 4.99 Å². The second-order valence-corrected chi connectivity index (χ2v) is 8.96. The van der Waals surface area contributed by atoms with Crippen LogP contribution in [0, 0.1) is 5.92 Å². The number of fused-ring (bicyclic) bond motifs is 2. The summed E-state index contributed by atoms with van der Waals surface area (Å²) in [5.74, 6) is 3.80. The molecule has 0 atom stereocenters. The van der Waals surface area contributed by atoms with Gasteiger partial charge in [0.2, 0.25) is 5.91 Å². The third kappa shape index (κ3) is 4.76. The molecular formula is C28H29N3O3. The number of rotatable bonds is 4. The average molecular weight is 456 g/mol. The van der Waals surface area contributed by atoms with E-state index in [2.05, 4.69) is 17.1 Å². The van der Waals surface area contributed by atoms with E-state index in [0.29, 0.717) is 5.92 Å². The zero-order valence-electron chi connectivity index (χ0n) is 19.6. The molecule has 1 saturated heterocycles. The third-order valence-corrected chi connectivity index (χ3v) is 6.42. The predicted molar refractivity (Wildman–Crippen MR) is 134 cm³/mol. The molecule has 1 N–H and O–H groups in total. The maximum absolute atomic E-state index is 12.8. The van der Waals surface area contributed by atoms with Crippen LogP contribution < -0.4 is 14.8 Å². The summed E-state index contributed by atoms with van der Waals surface area (Å²) >= 11 is 0. The fourth-order valence-electron chi connectivity index (χ4n) is 4.40. The van der Waals surface area contributed by atoms with Gasteiger partial charge in [0.05, 0.1) is 19.1 Å². The molecule has 2 aliphatic rings. The normalized spacial score (nSPS) is 15.4. The summed E-state index contributed by atoms with van der Waals surface area (Å²) in [7, 11) is 1.63. The molecule has 0 saturated carbocycles. The molecule has 0 aliphatic carbocycles. The Morgan fingerprint density at radius 1 is 1.06 bits per heavy atom. The summed E-state index contributed by atoms with van der Waals surface area (Å²) in [5, 5.41) is 3.04. The number of carbonyl (C=O) groups is 1. The van der Waals surface area contributed by atoms with Crippen LogP contribution in [-0.2, 0) is 11.2 Å². The summed E-state index contributed by atoms with van der Waals surface area (Å²) in [6.45, 7) is 4.21. The molecular weight excluding hydrogens is 426 g/mol. The molecule has 3 aromatic carbocycles. The molecule has 6 heteroatoms. The molecule has 34 heavy (non-hydrogen) atoms. The van der Waals surface area contributed by atoms with Gasteiger partial charge < -0.3 is 19.7 Å². The highest BCUT2D eigenvalue weighted by molar-refractivity contribution is 6.05. The first kappa shape index (κ1) is 22.0. The number of nitrogens with one attached hydrogen (secondary N) is 1. The number of carbonyl (C=O) groups excluding carboxylic acids is 1.